The van der Waals surface area contributed by atoms with Gasteiger partial charge in [0.1, 0.15) is 11.6 Å². The number of nitrogens with two attached hydrogens (primary N) is 1. The van der Waals surface area contributed by atoms with Gasteiger partial charge in [-0.1, -0.05) is 12.1 Å². The summed E-state index contributed by atoms with van der Waals surface area (Å²) in [5.74, 6) is 0.511. The van der Waals surface area contributed by atoms with E-state index in [-0.39, 0.29) is 11.9 Å². The van der Waals surface area contributed by atoms with Gasteiger partial charge >= 0.3 is 0 Å². The maximum atomic E-state index is 13.9. The maximum Gasteiger partial charge on any atom is 0.181 e. The van der Waals surface area contributed by atoms with Gasteiger partial charge in [0.2, 0.25) is 0 Å². The number of aromatic nitrogens is 7. The molecule has 0 bridgehead atoms. The average Bonchev–Trinajstić information content (AvgIpc) is 3.50. The number of hydrogen-bond donors (Lipinski definition) is 3. The number of halogens is 1. The molecular weight excluding hydrogens is 457 g/mol. The highest BCUT2D eigenvalue weighted by atomic mass is 19.1. The Balaban J connectivity index is 1.31. The lowest BCUT2D eigenvalue weighted by atomic mass is 10.0. The highest BCUT2D eigenvalue weighted by Crippen LogP contribution is 2.34. The fraction of sp³-hybridized carbons (Fsp3) is 0.115. The smallest absolute Gasteiger partial charge is 0.181 e. The van der Waals surface area contributed by atoms with Crippen LogP contribution in [0.4, 0.5) is 10.2 Å². The predicted molar refractivity (Wildman–Crippen MR) is 136 cm³/mol. The van der Waals surface area contributed by atoms with Gasteiger partial charge in [0.25, 0.3) is 0 Å². The number of nitrogens with one attached hydrogen (secondary N) is 2. The minimum Gasteiger partial charge on any atom is -0.352 e. The fourth-order valence-electron chi connectivity index (χ4n) is 4.66. The van der Waals surface area contributed by atoms with Crippen molar-refractivity contribution in [3.8, 4) is 33.8 Å². The summed E-state index contributed by atoms with van der Waals surface area (Å²) in [6.07, 6.45) is 8.73. The van der Waals surface area contributed by atoms with Gasteiger partial charge in [0.15, 0.2) is 5.65 Å². The molecule has 1 aliphatic heterocycles. The molecule has 176 valence electrons. The number of benzene rings is 1. The molecule has 1 aliphatic rings. The van der Waals surface area contributed by atoms with E-state index in [9.17, 15) is 4.39 Å². The number of anilines is 1. The molecule has 6 aromatic rings. The van der Waals surface area contributed by atoms with Crippen LogP contribution < -0.4 is 10.6 Å². The van der Waals surface area contributed by atoms with Gasteiger partial charge in [-0.05, 0) is 29.8 Å². The average molecular weight is 478 g/mol. The Bertz CT molecular complexity index is 1750. The van der Waals surface area contributed by atoms with E-state index in [4.69, 9.17) is 10.7 Å². The Morgan fingerprint density at radius 3 is 2.69 bits per heavy atom. The van der Waals surface area contributed by atoms with E-state index in [1.165, 1.54) is 12.1 Å². The molecule has 4 N–H and O–H groups in total. The molecule has 36 heavy (non-hydrogen) atoms. The molecule has 5 aromatic heterocycles. The van der Waals surface area contributed by atoms with Crippen LogP contribution in [0.3, 0.4) is 0 Å². The second kappa shape index (κ2) is 7.92. The lowest BCUT2D eigenvalue weighted by Gasteiger charge is -2.37. The van der Waals surface area contributed by atoms with Crippen LogP contribution >= 0.6 is 0 Å². The molecule has 1 saturated heterocycles. The number of fused-ring (bicyclic) bond motifs is 2. The van der Waals surface area contributed by atoms with Gasteiger partial charge in [-0.2, -0.15) is 5.10 Å². The normalized spacial score (nSPS) is 14.0. The predicted octanol–water partition coefficient (Wildman–Crippen LogP) is 3.91. The Morgan fingerprint density at radius 1 is 0.944 bits per heavy atom. The SMILES string of the molecule is NC1CN(c2cncc(-c3cnc4n[nH]c(-c5cc6c(-c7cccc(F)c7)cncc6[nH]5)c4c3)n2)C1. The van der Waals surface area contributed by atoms with Crippen LogP contribution in [0, 0.1) is 5.82 Å². The molecule has 10 heteroatoms. The Hall–Kier alpha value is -4.70. The molecule has 9 nitrogen and oxygen atoms in total. The minimum atomic E-state index is -0.289. The third-order valence-corrected chi connectivity index (χ3v) is 6.51. The van der Waals surface area contributed by atoms with E-state index < -0.39 is 0 Å². The van der Waals surface area contributed by atoms with Crippen molar-refractivity contribution in [3.05, 3.63) is 73.2 Å². The van der Waals surface area contributed by atoms with Crippen LogP contribution in [-0.4, -0.2) is 54.2 Å². The Kier molecular flexibility index (Phi) is 4.55. The number of aromatic amines is 2. The van der Waals surface area contributed by atoms with Crippen LogP contribution in [0.2, 0.25) is 0 Å². The van der Waals surface area contributed by atoms with Crippen LogP contribution in [-0.2, 0) is 0 Å². The summed E-state index contributed by atoms with van der Waals surface area (Å²) in [5, 5.41) is 9.28. The first-order valence-electron chi connectivity index (χ1n) is 11.5. The van der Waals surface area contributed by atoms with Crippen LogP contribution in [0.1, 0.15) is 0 Å². The summed E-state index contributed by atoms with van der Waals surface area (Å²) in [4.78, 5) is 23.6. The highest BCUT2D eigenvalue weighted by Gasteiger charge is 2.25. The lowest BCUT2D eigenvalue weighted by Crippen LogP contribution is -2.56. The van der Waals surface area contributed by atoms with Crippen LogP contribution in [0.15, 0.2) is 67.4 Å². The number of H-pyrrole nitrogens is 2. The summed E-state index contributed by atoms with van der Waals surface area (Å²) < 4.78 is 13.9. The number of rotatable bonds is 4. The van der Waals surface area contributed by atoms with Crippen molar-refractivity contribution in [3.63, 3.8) is 0 Å². The second-order valence-corrected chi connectivity index (χ2v) is 8.96. The van der Waals surface area contributed by atoms with Crippen molar-refractivity contribution in [2.24, 2.45) is 5.73 Å². The van der Waals surface area contributed by atoms with E-state index >= 15 is 0 Å². The fourth-order valence-corrected chi connectivity index (χ4v) is 4.66. The first kappa shape index (κ1) is 20.7. The minimum absolute atomic E-state index is 0.176. The molecule has 0 amide bonds. The molecule has 0 radical (unpaired) electrons. The molecule has 7 rings (SSSR count). The maximum absolute atomic E-state index is 13.9. The highest BCUT2D eigenvalue weighted by molar-refractivity contribution is 6.00. The first-order chi connectivity index (χ1) is 17.6. The Morgan fingerprint density at radius 2 is 1.83 bits per heavy atom. The molecule has 6 heterocycles. The zero-order valence-corrected chi connectivity index (χ0v) is 19.0. The standard InChI is InChI=1S/C26H20FN9/c27-16-3-1-2-14(4-16)20-8-29-10-23-18(20)6-21(32-23)25-19-5-15(7-31-26(19)35-34-25)22-9-30-11-24(33-22)36-12-17(28)13-36/h1-11,17,32H,12-13,28H2,(H,31,34,35). The van der Waals surface area contributed by atoms with Gasteiger partial charge in [0, 0.05) is 53.4 Å². The van der Waals surface area contributed by atoms with Crippen LogP contribution in [0.5, 0.6) is 0 Å². The van der Waals surface area contributed by atoms with Crippen LogP contribution in [0.25, 0.3) is 55.7 Å². The first-order valence-corrected chi connectivity index (χ1v) is 11.5. The van der Waals surface area contributed by atoms with Gasteiger partial charge in [0.05, 0.1) is 41.2 Å². The monoisotopic (exact) mass is 477 g/mol. The van der Waals surface area contributed by atoms with Crippen molar-refractivity contribution in [2.45, 2.75) is 6.04 Å². The third kappa shape index (κ3) is 3.38. The largest absolute Gasteiger partial charge is 0.352 e. The van der Waals surface area contributed by atoms with Crippen molar-refractivity contribution in [1.82, 2.24) is 35.1 Å². The zero-order valence-electron chi connectivity index (χ0n) is 19.0. The quantitative estimate of drug-likeness (QED) is 0.351. The topological polar surface area (TPSA) is 125 Å². The van der Waals surface area contributed by atoms with Gasteiger partial charge < -0.3 is 15.6 Å². The number of hydrogen-bond acceptors (Lipinski definition) is 7. The van der Waals surface area contributed by atoms with Crippen molar-refractivity contribution in [1.29, 1.82) is 0 Å². The van der Waals surface area contributed by atoms with E-state index in [2.05, 4.69) is 35.0 Å². The number of pyridine rings is 2. The summed E-state index contributed by atoms with van der Waals surface area (Å²) in [5.41, 5.74) is 12.1. The summed E-state index contributed by atoms with van der Waals surface area (Å²) in [7, 11) is 0. The summed E-state index contributed by atoms with van der Waals surface area (Å²) in [6.45, 7) is 1.54. The van der Waals surface area contributed by atoms with Gasteiger partial charge in [-0.25, -0.2) is 14.4 Å². The molecular formula is C26H20FN9. The zero-order chi connectivity index (χ0) is 24.2. The molecule has 1 fully saturated rings. The van der Waals surface area contributed by atoms with Crippen molar-refractivity contribution in [2.75, 3.05) is 18.0 Å². The summed E-state index contributed by atoms with van der Waals surface area (Å²) >= 11 is 0. The molecule has 1 aromatic carbocycles. The molecule has 0 unspecified atom stereocenters. The third-order valence-electron chi connectivity index (χ3n) is 6.51. The van der Waals surface area contributed by atoms with E-state index in [1.54, 1.807) is 37.1 Å². The lowest BCUT2D eigenvalue weighted by molar-refractivity contribution is 0.514. The summed E-state index contributed by atoms with van der Waals surface area (Å²) in [6, 6.07) is 10.7. The van der Waals surface area contributed by atoms with Gasteiger partial charge in [-0.3, -0.25) is 15.1 Å². The van der Waals surface area contributed by atoms with E-state index in [0.717, 1.165) is 69.0 Å². The van der Waals surface area contributed by atoms with E-state index in [0.29, 0.717) is 5.65 Å². The molecule has 0 saturated carbocycles. The molecule has 0 aliphatic carbocycles. The molecule has 0 atom stereocenters. The Labute approximate surface area is 204 Å². The van der Waals surface area contributed by atoms with Gasteiger partial charge in [-0.15, -0.1) is 0 Å². The van der Waals surface area contributed by atoms with Crippen molar-refractivity contribution < 1.29 is 4.39 Å². The molecule has 0 spiro atoms. The van der Waals surface area contributed by atoms with Crippen molar-refractivity contribution >= 4 is 27.8 Å². The van der Waals surface area contributed by atoms with E-state index in [1.807, 2.05) is 18.2 Å². The number of nitrogens with zero attached hydrogens (tertiary/aromatic N) is 6. The second-order valence-electron chi connectivity index (χ2n) is 8.96.